The summed E-state index contributed by atoms with van der Waals surface area (Å²) in [6.45, 7) is 4.16. The summed E-state index contributed by atoms with van der Waals surface area (Å²) in [4.78, 5) is 26.3. The van der Waals surface area contributed by atoms with Gasteiger partial charge in [0.05, 0.1) is 0 Å². The molecule has 0 spiro atoms. The molecule has 1 fully saturated rings. The summed E-state index contributed by atoms with van der Waals surface area (Å²) in [5.74, 6) is 0.504. The fourth-order valence-electron chi connectivity index (χ4n) is 3.58. The van der Waals surface area contributed by atoms with E-state index in [1.54, 1.807) is 12.1 Å². The Morgan fingerprint density at radius 2 is 1.77 bits per heavy atom. The minimum absolute atomic E-state index is 0.0951. The fraction of sp³-hybridized carbons (Fsp3) is 0.391. The van der Waals surface area contributed by atoms with Gasteiger partial charge in [-0.1, -0.05) is 36.7 Å². The van der Waals surface area contributed by atoms with Gasteiger partial charge in [-0.3, -0.25) is 0 Å². The van der Waals surface area contributed by atoms with E-state index in [-0.39, 0.29) is 12.1 Å². The van der Waals surface area contributed by atoms with Crippen molar-refractivity contribution in [3.05, 3.63) is 59.1 Å². The molecule has 3 N–H and O–H groups in total. The molecule has 0 saturated carbocycles. The number of nitrogens with zero attached hydrogens (tertiary/aromatic N) is 1. The van der Waals surface area contributed by atoms with Crippen molar-refractivity contribution < 1.29 is 9.59 Å². The smallest absolute Gasteiger partial charge is 0.321 e. The van der Waals surface area contributed by atoms with Gasteiger partial charge in [0.2, 0.25) is 0 Å². The monoisotopic (exact) mass is 428 g/mol. The number of carbonyl (C=O) groups is 2. The molecule has 6 nitrogen and oxygen atoms in total. The van der Waals surface area contributed by atoms with E-state index in [4.69, 9.17) is 11.6 Å². The zero-order valence-electron chi connectivity index (χ0n) is 17.3. The van der Waals surface area contributed by atoms with Crippen LogP contribution in [0.4, 0.5) is 21.0 Å². The van der Waals surface area contributed by atoms with Crippen molar-refractivity contribution >= 4 is 35.0 Å². The van der Waals surface area contributed by atoms with Crippen LogP contribution in [0.5, 0.6) is 0 Å². The van der Waals surface area contributed by atoms with Gasteiger partial charge < -0.3 is 20.9 Å². The Morgan fingerprint density at radius 1 is 1.03 bits per heavy atom. The van der Waals surface area contributed by atoms with E-state index >= 15 is 0 Å². The first-order chi connectivity index (χ1) is 14.5. The Kier molecular flexibility index (Phi) is 7.97. The fourth-order valence-corrected chi connectivity index (χ4v) is 3.77. The first kappa shape index (κ1) is 22.0. The highest BCUT2D eigenvalue weighted by Gasteiger charge is 2.22. The number of likely N-dealkylation sites (tertiary alicyclic amines) is 1. The molecular weight excluding hydrogens is 400 g/mol. The van der Waals surface area contributed by atoms with E-state index in [2.05, 4.69) is 22.9 Å². The molecule has 1 heterocycles. The topological polar surface area (TPSA) is 73.5 Å². The standard InChI is InChI=1S/C23H29ClN4O2/c1-2-17-6-8-20(9-7-17)26-22(29)25-13-10-18-11-14-28(15-12-18)23(30)27-21-5-3-4-19(24)16-21/h3-9,16,18H,2,10-15H2,1H3,(H,27,30)(H2,25,26,29). The summed E-state index contributed by atoms with van der Waals surface area (Å²) in [5, 5.41) is 9.27. The van der Waals surface area contributed by atoms with Gasteiger partial charge >= 0.3 is 12.1 Å². The molecule has 0 aliphatic carbocycles. The van der Waals surface area contributed by atoms with Gasteiger partial charge in [-0.05, 0) is 67.5 Å². The number of hydrogen-bond donors (Lipinski definition) is 3. The normalized spacial score (nSPS) is 14.3. The second kappa shape index (κ2) is 10.9. The van der Waals surface area contributed by atoms with Crippen molar-refractivity contribution in [2.24, 2.45) is 5.92 Å². The maximum absolute atomic E-state index is 12.4. The number of anilines is 2. The van der Waals surface area contributed by atoms with Crippen LogP contribution in [0, 0.1) is 5.92 Å². The van der Waals surface area contributed by atoms with E-state index in [1.165, 1.54) is 5.56 Å². The number of amides is 4. The third-order valence-corrected chi connectivity index (χ3v) is 5.67. The number of benzene rings is 2. The zero-order chi connectivity index (χ0) is 21.3. The molecule has 0 radical (unpaired) electrons. The minimum atomic E-state index is -0.183. The van der Waals surface area contributed by atoms with Crippen LogP contribution < -0.4 is 16.0 Å². The van der Waals surface area contributed by atoms with Gasteiger partial charge in [0.1, 0.15) is 0 Å². The highest BCUT2D eigenvalue weighted by Crippen LogP contribution is 2.21. The lowest BCUT2D eigenvalue weighted by Gasteiger charge is -2.32. The third-order valence-electron chi connectivity index (χ3n) is 5.44. The molecule has 3 rings (SSSR count). The van der Waals surface area contributed by atoms with Crippen LogP contribution >= 0.6 is 11.6 Å². The summed E-state index contributed by atoms with van der Waals surface area (Å²) in [7, 11) is 0. The van der Waals surface area contributed by atoms with Crippen LogP contribution in [0.3, 0.4) is 0 Å². The Hall–Kier alpha value is -2.73. The third kappa shape index (κ3) is 6.66. The number of urea groups is 2. The molecule has 1 aliphatic rings. The minimum Gasteiger partial charge on any atom is -0.338 e. The molecule has 1 saturated heterocycles. The summed E-state index contributed by atoms with van der Waals surface area (Å²) >= 11 is 5.96. The number of carbonyl (C=O) groups excluding carboxylic acids is 2. The summed E-state index contributed by atoms with van der Waals surface area (Å²) in [5.41, 5.74) is 2.74. The Morgan fingerprint density at radius 3 is 2.43 bits per heavy atom. The van der Waals surface area contributed by atoms with Crippen LogP contribution in [0.15, 0.2) is 48.5 Å². The maximum Gasteiger partial charge on any atom is 0.321 e. The molecule has 1 aliphatic heterocycles. The van der Waals surface area contributed by atoms with Crippen LogP contribution in [-0.2, 0) is 6.42 Å². The van der Waals surface area contributed by atoms with Crippen molar-refractivity contribution in [2.45, 2.75) is 32.6 Å². The average molecular weight is 429 g/mol. The molecule has 2 aromatic rings. The molecule has 160 valence electrons. The second-order valence-corrected chi connectivity index (χ2v) is 8.03. The molecule has 7 heteroatoms. The van der Waals surface area contributed by atoms with E-state index in [1.807, 2.05) is 41.3 Å². The number of rotatable bonds is 6. The van der Waals surface area contributed by atoms with Gasteiger partial charge in [-0.2, -0.15) is 0 Å². The second-order valence-electron chi connectivity index (χ2n) is 7.59. The molecule has 30 heavy (non-hydrogen) atoms. The largest absolute Gasteiger partial charge is 0.338 e. The lowest BCUT2D eigenvalue weighted by molar-refractivity contribution is 0.180. The Balaban J connectivity index is 1.33. The van der Waals surface area contributed by atoms with E-state index in [9.17, 15) is 9.59 Å². The quantitative estimate of drug-likeness (QED) is 0.579. The van der Waals surface area contributed by atoms with Gasteiger partial charge in [0, 0.05) is 36.0 Å². The first-order valence-corrected chi connectivity index (χ1v) is 10.9. The molecule has 2 aromatic carbocycles. The van der Waals surface area contributed by atoms with E-state index in [0.717, 1.165) is 31.4 Å². The highest BCUT2D eigenvalue weighted by atomic mass is 35.5. The maximum atomic E-state index is 12.4. The predicted octanol–water partition coefficient (Wildman–Crippen LogP) is 5.36. The van der Waals surface area contributed by atoms with Gasteiger partial charge in [-0.25, -0.2) is 9.59 Å². The van der Waals surface area contributed by atoms with Crippen molar-refractivity contribution in [1.82, 2.24) is 10.2 Å². The molecule has 4 amide bonds. The van der Waals surface area contributed by atoms with E-state index in [0.29, 0.717) is 36.3 Å². The molecular formula is C23H29ClN4O2. The van der Waals surface area contributed by atoms with Crippen LogP contribution in [-0.4, -0.2) is 36.6 Å². The predicted molar refractivity (Wildman–Crippen MR) is 122 cm³/mol. The highest BCUT2D eigenvalue weighted by molar-refractivity contribution is 6.30. The van der Waals surface area contributed by atoms with Crippen molar-refractivity contribution in [3.63, 3.8) is 0 Å². The summed E-state index contributed by atoms with van der Waals surface area (Å²) in [6.07, 6.45) is 3.76. The summed E-state index contributed by atoms with van der Waals surface area (Å²) < 4.78 is 0. The van der Waals surface area contributed by atoms with Gasteiger partial charge in [0.25, 0.3) is 0 Å². The molecule has 0 atom stereocenters. The number of hydrogen-bond acceptors (Lipinski definition) is 2. The number of nitrogens with one attached hydrogen (secondary N) is 3. The molecule has 0 aromatic heterocycles. The van der Waals surface area contributed by atoms with Crippen LogP contribution in [0.2, 0.25) is 5.02 Å². The van der Waals surface area contributed by atoms with Gasteiger partial charge in [0.15, 0.2) is 0 Å². The van der Waals surface area contributed by atoms with Crippen molar-refractivity contribution in [1.29, 1.82) is 0 Å². The van der Waals surface area contributed by atoms with Crippen LogP contribution in [0.1, 0.15) is 31.7 Å². The lowest BCUT2D eigenvalue weighted by Crippen LogP contribution is -2.41. The zero-order valence-corrected chi connectivity index (χ0v) is 18.0. The lowest BCUT2D eigenvalue weighted by atomic mass is 9.94. The number of halogens is 1. The molecule has 0 bridgehead atoms. The SMILES string of the molecule is CCc1ccc(NC(=O)NCCC2CCN(C(=O)Nc3cccc(Cl)c3)CC2)cc1. The first-order valence-electron chi connectivity index (χ1n) is 10.5. The Bertz CT molecular complexity index is 849. The van der Waals surface area contributed by atoms with Crippen molar-refractivity contribution in [2.75, 3.05) is 30.3 Å². The van der Waals surface area contributed by atoms with Crippen molar-refractivity contribution in [3.8, 4) is 0 Å². The summed E-state index contributed by atoms with van der Waals surface area (Å²) in [6, 6.07) is 14.8. The average Bonchev–Trinajstić information content (AvgIpc) is 2.75. The number of aryl methyl sites for hydroxylation is 1. The molecule has 0 unspecified atom stereocenters. The number of piperidine rings is 1. The van der Waals surface area contributed by atoms with Crippen LogP contribution in [0.25, 0.3) is 0 Å². The Labute approximate surface area is 183 Å². The van der Waals surface area contributed by atoms with E-state index < -0.39 is 0 Å². The van der Waals surface area contributed by atoms with Gasteiger partial charge in [-0.15, -0.1) is 0 Å².